The maximum atomic E-state index is 11.9. The van der Waals surface area contributed by atoms with Crippen molar-refractivity contribution >= 4 is 12.1 Å². The summed E-state index contributed by atoms with van der Waals surface area (Å²) in [4.78, 5) is 28.2. The molecule has 0 bridgehead atoms. The van der Waals surface area contributed by atoms with Gasteiger partial charge in [-0.3, -0.25) is 5.10 Å². The second kappa shape index (κ2) is 5.10. The second-order valence-electron chi connectivity index (χ2n) is 5.76. The molecular weight excluding hydrogens is 264 g/mol. The Morgan fingerprint density at radius 3 is 2.70 bits per heavy atom. The predicted molar refractivity (Wildman–Crippen MR) is 68.5 cm³/mol. The molecule has 8 heteroatoms. The summed E-state index contributed by atoms with van der Waals surface area (Å²) in [5, 5.41) is 15.0. The smallest absolute Gasteiger partial charge is 0.410 e. The number of H-pyrrole nitrogens is 1. The number of ether oxygens (including phenoxy) is 1. The van der Waals surface area contributed by atoms with Crippen molar-refractivity contribution < 1.29 is 19.4 Å². The van der Waals surface area contributed by atoms with E-state index in [0.717, 1.165) is 0 Å². The number of rotatable bonds is 2. The zero-order valence-electron chi connectivity index (χ0n) is 11.7. The number of nitrogens with one attached hydrogen (secondary N) is 1. The van der Waals surface area contributed by atoms with Gasteiger partial charge < -0.3 is 14.7 Å². The van der Waals surface area contributed by atoms with Gasteiger partial charge >= 0.3 is 12.1 Å². The summed E-state index contributed by atoms with van der Waals surface area (Å²) in [6.45, 7) is 6.45. The highest BCUT2D eigenvalue weighted by Gasteiger charge is 2.32. The molecule has 1 atom stereocenters. The summed E-state index contributed by atoms with van der Waals surface area (Å²) in [6.07, 6.45) is 0.339. The molecule has 110 valence electrons. The fourth-order valence-electron chi connectivity index (χ4n) is 2.03. The van der Waals surface area contributed by atoms with Crippen LogP contribution in [0.3, 0.4) is 0 Å². The Morgan fingerprint density at radius 1 is 1.45 bits per heavy atom. The maximum Gasteiger partial charge on any atom is 0.410 e. The molecule has 1 aromatic rings. The molecule has 1 aliphatic heterocycles. The lowest BCUT2D eigenvalue weighted by molar-refractivity contribution is 0.0292. The molecule has 0 spiro atoms. The van der Waals surface area contributed by atoms with Crippen LogP contribution < -0.4 is 0 Å². The van der Waals surface area contributed by atoms with Crippen LogP contribution in [0.15, 0.2) is 0 Å². The highest BCUT2D eigenvalue weighted by molar-refractivity contribution is 5.82. The summed E-state index contributed by atoms with van der Waals surface area (Å²) < 4.78 is 5.30. The molecule has 0 unspecified atom stereocenters. The third kappa shape index (κ3) is 3.25. The monoisotopic (exact) mass is 282 g/mol. The van der Waals surface area contributed by atoms with Crippen LogP contribution in [0, 0.1) is 0 Å². The molecule has 1 aromatic heterocycles. The normalized spacial score (nSPS) is 19.1. The quantitative estimate of drug-likeness (QED) is 0.844. The maximum absolute atomic E-state index is 11.9. The first-order chi connectivity index (χ1) is 9.26. The first kappa shape index (κ1) is 14.3. The molecule has 2 N–H and O–H groups in total. The van der Waals surface area contributed by atoms with Gasteiger partial charge in [-0.05, 0) is 27.2 Å². The lowest BCUT2D eigenvalue weighted by Gasteiger charge is -2.24. The average molecular weight is 282 g/mol. The molecule has 1 amide bonds. The third-order valence-corrected chi connectivity index (χ3v) is 2.92. The fraction of sp³-hybridized carbons (Fsp3) is 0.667. The minimum absolute atomic E-state index is 0.0388. The topological polar surface area (TPSA) is 108 Å². The number of amides is 1. The van der Waals surface area contributed by atoms with Gasteiger partial charge in [0.2, 0.25) is 0 Å². The summed E-state index contributed by atoms with van der Waals surface area (Å²) in [7, 11) is 0. The minimum atomic E-state index is -1.17. The van der Waals surface area contributed by atoms with E-state index in [2.05, 4.69) is 15.2 Å². The lowest BCUT2D eigenvalue weighted by Crippen LogP contribution is -2.35. The van der Waals surface area contributed by atoms with E-state index in [1.54, 1.807) is 4.90 Å². The molecule has 0 saturated carbocycles. The van der Waals surface area contributed by atoms with Gasteiger partial charge in [0.15, 0.2) is 0 Å². The van der Waals surface area contributed by atoms with E-state index in [1.165, 1.54) is 0 Å². The fourth-order valence-corrected chi connectivity index (χ4v) is 2.03. The van der Waals surface area contributed by atoms with Crippen molar-refractivity contribution in [2.75, 3.05) is 13.1 Å². The first-order valence-electron chi connectivity index (χ1n) is 6.40. The Labute approximate surface area is 116 Å². The molecule has 2 heterocycles. The molecule has 1 fully saturated rings. The van der Waals surface area contributed by atoms with Crippen LogP contribution in [-0.4, -0.2) is 55.9 Å². The summed E-state index contributed by atoms with van der Waals surface area (Å²) in [5.74, 6) is -0.971. The van der Waals surface area contributed by atoms with Crippen LogP contribution >= 0.6 is 0 Å². The van der Waals surface area contributed by atoms with Crippen molar-refractivity contribution in [3.05, 3.63) is 11.6 Å². The first-order valence-corrected chi connectivity index (χ1v) is 6.40. The number of carbonyl (C=O) groups excluding carboxylic acids is 1. The Kier molecular flexibility index (Phi) is 3.65. The third-order valence-electron chi connectivity index (χ3n) is 2.92. The molecule has 0 aromatic carbocycles. The summed E-state index contributed by atoms with van der Waals surface area (Å²) >= 11 is 0. The molecule has 0 radical (unpaired) electrons. The number of aromatic carboxylic acids is 1. The van der Waals surface area contributed by atoms with Crippen molar-refractivity contribution in [3.63, 3.8) is 0 Å². The van der Waals surface area contributed by atoms with E-state index < -0.39 is 11.6 Å². The molecule has 8 nitrogen and oxygen atoms in total. The van der Waals surface area contributed by atoms with Crippen LogP contribution in [-0.2, 0) is 4.74 Å². The number of carboxylic acids is 1. The molecule has 1 saturated heterocycles. The van der Waals surface area contributed by atoms with Gasteiger partial charge in [0.25, 0.3) is 5.82 Å². The van der Waals surface area contributed by atoms with Crippen LogP contribution in [0.4, 0.5) is 4.79 Å². The van der Waals surface area contributed by atoms with Crippen LogP contribution in [0.1, 0.15) is 49.6 Å². The second-order valence-corrected chi connectivity index (χ2v) is 5.76. The van der Waals surface area contributed by atoms with Gasteiger partial charge in [-0.25, -0.2) is 14.6 Å². The zero-order valence-corrected chi connectivity index (χ0v) is 11.7. The van der Waals surface area contributed by atoms with Gasteiger partial charge in [-0.2, -0.15) is 0 Å². The molecule has 2 rings (SSSR count). The van der Waals surface area contributed by atoms with Gasteiger partial charge in [0.05, 0.1) is 0 Å². The van der Waals surface area contributed by atoms with Crippen molar-refractivity contribution in [2.45, 2.75) is 38.7 Å². The summed E-state index contributed by atoms with van der Waals surface area (Å²) in [5.41, 5.74) is -0.530. The zero-order chi connectivity index (χ0) is 14.9. The SMILES string of the molecule is CC(C)(C)OC(=O)N1CC[C@H](c2nc(C(=O)O)n[nH]2)C1. The van der Waals surface area contributed by atoms with Gasteiger partial charge in [-0.1, -0.05) is 0 Å². The minimum Gasteiger partial charge on any atom is -0.475 e. The molecular formula is C12H18N4O4. The van der Waals surface area contributed by atoms with E-state index in [4.69, 9.17) is 9.84 Å². The van der Waals surface area contributed by atoms with Crippen molar-refractivity contribution in [1.82, 2.24) is 20.1 Å². The number of carbonyl (C=O) groups is 2. The number of carboxylic acid groups (broad SMARTS) is 1. The Balaban J connectivity index is 1.98. The summed E-state index contributed by atoms with van der Waals surface area (Å²) in [6, 6.07) is 0. The Morgan fingerprint density at radius 2 is 2.15 bits per heavy atom. The number of nitrogens with zero attached hydrogens (tertiary/aromatic N) is 3. The number of aromatic amines is 1. The van der Waals surface area contributed by atoms with Crippen LogP contribution in [0.5, 0.6) is 0 Å². The van der Waals surface area contributed by atoms with Gasteiger partial charge in [0.1, 0.15) is 11.4 Å². The largest absolute Gasteiger partial charge is 0.475 e. The highest BCUT2D eigenvalue weighted by Crippen LogP contribution is 2.25. The number of likely N-dealkylation sites (tertiary alicyclic amines) is 1. The average Bonchev–Trinajstić information content (AvgIpc) is 2.95. The molecule has 20 heavy (non-hydrogen) atoms. The van der Waals surface area contributed by atoms with Crippen molar-refractivity contribution in [3.8, 4) is 0 Å². The van der Waals surface area contributed by atoms with E-state index in [9.17, 15) is 9.59 Å². The standard InChI is InChI=1S/C12H18N4O4/c1-12(2,3)20-11(19)16-5-4-7(6-16)8-13-9(10(17)18)15-14-8/h7H,4-6H2,1-3H3,(H,17,18)(H,13,14,15)/t7-/m0/s1. The van der Waals surface area contributed by atoms with Crippen LogP contribution in [0.25, 0.3) is 0 Å². The lowest BCUT2D eigenvalue weighted by atomic mass is 10.1. The molecule has 0 aliphatic carbocycles. The van der Waals surface area contributed by atoms with Crippen LogP contribution in [0.2, 0.25) is 0 Å². The number of hydrogen-bond donors (Lipinski definition) is 2. The van der Waals surface area contributed by atoms with E-state index in [-0.39, 0.29) is 17.8 Å². The van der Waals surface area contributed by atoms with E-state index in [0.29, 0.717) is 25.3 Å². The van der Waals surface area contributed by atoms with E-state index >= 15 is 0 Å². The van der Waals surface area contributed by atoms with Crippen molar-refractivity contribution in [1.29, 1.82) is 0 Å². The van der Waals surface area contributed by atoms with Crippen molar-refractivity contribution in [2.24, 2.45) is 0 Å². The Hall–Kier alpha value is -2.12. The number of aromatic nitrogens is 3. The highest BCUT2D eigenvalue weighted by atomic mass is 16.6. The molecule has 1 aliphatic rings. The van der Waals surface area contributed by atoms with E-state index in [1.807, 2.05) is 20.8 Å². The van der Waals surface area contributed by atoms with Gasteiger partial charge in [-0.15, -0.1) is 5.10 Å². The predicted octanol–water partition coefficient (Wildman–Crippen LogP) is 1.23. The van der Waals surface area contributed by atoms with Gasteiger partial charge in [0, 0.05) is 19.0 Å². The Bertz CT molecular complexity index is 520. The number of hydrogen-bond acceptors (Lipinski definition) is 5.